The van der Waals surface area contributed by atoms with E-state index in [1.165, 1.54) is 0 Å². The lowest BCUT2D eigenvalue weighted by Gasteiger charge is -2.08. The number of carbonyl (C=O) groups is 1. The number of aromatic nitrogens is 2. The van der Waals surface area contributed by atoms with E-state index in [4.69, 9.17) is 0 Å². The predicted octanol–water partition coefficient (Wildman–Crippen LogP) is 4.80. The van der Waals surface area contributed by atoms with E-state index in [0.29, 0.717) is 17.1 Å². The molecule has 1 heterocycles. The maximum absolute atomic E-state index is 12.7. The van der Waals surface area contributed by atoms with Crippen LogP contribution in [0.1, 0.15) is 27.3 Å². The Kier molecular flexibility index (Phi) is 4.54. The molecule has 4 rings (SSSR count). The minimum Gasteiger partial charge on any atom is -0.337 e. The van der Waals surface area contributed by atoms with Crippen LogP contribution in [-0.2, 0) is 0 Å². The molecule has 0 radical (unpaired) electrons. The quantitative estimate of drug-likeness (QED) is 0.554. The number of hydrogen-bond donors (Lipinski definition) is 2. The molecule has 0 aliphatic rings. The van der Waals surface area contributed by atoms with Crippen molar-refractivity contribution in [3.63, 3.8) is 0 Å². The zero-order chi connectivity index (χ0) is 18.6. The molecule has 1 amide bonds. The van der Waals surface area contributed by atoms with Crippen LogP contribution in [0.2, 0.25) is 0 Å². The van der Waals surface area contributed by atoms with E-state index in [0.717, 1.165) is 22.2 Å². The van der Waals surface area contributed by atoms with E-state index in [9.17, 15) is 4.79 Å². The number of amides is 1. The van der Waals surface area contributed by atoms with Gasteiger partial charge in [0, 0.05) is 5.56 Å². The van der Waals surface area contributed by atoms with Gasteiger partial charge in [0.25, 0.3) is 5.91 Å². The topological polar surface area (TPSA) is 57.8 Å². The molecular weight excluding hydrogens is 334 g/mol. The predicted molar refractivity (Wildman–Crippen MR) is 109 cm³/mol. The Bertz CT molecular complexity index is 1110. The Morgan fingerprint density at radius 2 is 1.67 bits per heavy atom. The van der Waals surface area contributed by atoms with Gasteiger partial charge in [-0.2, -0.15) is 0 Å². The molecule has 27 heavy (non-hydrogen) atoms. The first-order valence-corrected chi connectivity index (χ1v) is 8.79. The molecule has 4 nitrogen and oxygen atoms in total. The lowest BCUT2D eigenvalue weighted by Crippen LogP contribution is -2.22. The summed E-state index contributed by atoms with van der Waals surface area (Å²) < 4.78 is 0. The first-order chi connectivity index (χ1) is 13.2. The van der Waals surface area contributed by atoms with Crippen molar-refractivity contribution < 1.29 is 4.79 Å². The van der Waals surface area contributed by atoms with Crippen molar-refractivity contribution in [1.82, 2.24) is 15.3 Å². The molecule has 1 aromatic heterocycles. The van der Waals surface area contributed by atoms with Crippen LogP contribution in [0, 0.1) is 6.92 Å². The van der Waals surface area contributed by atoms with Gasteiger partial charge in [0.15, 0.2) is 5.82 Å². The lowest BCUT2D eigenvalue weighted by atomic mass is 10.1. The van der Waals surface area contributed by atoms with Gasteiger partial charge in [-0.15, -0.1) is 0 Å². The average Bonchev–Trinajstić information content (AvgIpc) is 3.12. The van der Waals surface area contributed by atoms with Crippen molar-refractivity contribution in [3.8, 4) is 0 Å². The first kappa shape index (κ1) is 16.8. The third-order valence-corrected chi connectivity index (χ3v) is 4.29. The Morgan fingerprint density at radius 3 is 2.41 bits per heavy atom. The highest BCUT2D eigenvalue weighted by Gasteiger charge is 2.13. The van der Waals surface area contributed by atoms with Gasteiger partial charge in [0.05, 0.1) is 16.7 Å². The summed E-state index contributed by atoms with van der Waals surface area (Å²) in [5.41, 5.74) is 5.17. The maximum Gasteiger partial charge on any atom is 0.255 e. The zero-order valence-corrected chi connectivity index (χ0v) is 14.9. The Labute approximate surface area is 157 Å². The van der Waals surface area contributed by atoms with Crippen LogP contribution >= 0.6 is 0 Å². The Balaban J connectivity index is 1.75. The number of imidazole rings is 1. The molecular formula is C23H19N3O. The van der Waals surface area contributed by atoms with Crippen molar-refractivity contribution in [2.75, 3.05) is 0 Å². The van der Waals surface area contributed by atoms with E-state index in [1.54, 1.807) is 12.1 Å². The SMILES string of the molecule is Cc1ccc2nc(/C(=C\c3ccccc3)NC(=O)c3ccccc3)[nH]c2c1. The number of nitrogens with one attached hydrogen (secondary N) is 2. The second-order valence-electron chi connectivity index (χ2n) is 6.39. The molecule has 132 valence electrons. The van der Waals surface area contributed by atoms with Crippen LogP contribution in [-0.4, -0.2) is 15.9 Å². The van der Waals surface area contributed by atoms with Gasteiger partial charge in [-0.25, -0.2) is 4.98 Å². The van der Waals surface area contributed by atoms with Gasteiger partial charge in [-0.3, -0.25) is 4.79 Å². The largest absolute Gasteiger partial charge is 0.337 e. The maximum atomic E-state index is 12.7. The Morgan fingerprint density at radius 1 is 0.963 bits per heavy atom. The second kappa shape index (κ2) is 7.30. The number of carbonyl (C=O) groups excluding carboxylic acids is 1. The van der Waals surface area contributed by atoms with Crippen LogP contribution in [0.5, 0.6) is 0 Å². The van der Waals surface area contributed by atoms with Crippen molar-refractivity contribution in [2.45, 2.75) is 6.92 Å². The summed E-state index contributed by atoms with van der Waals surface area (Å²) in [6.45, 7) is 2.04. The van der Waals surface area contributed by atoms with Gasteiger partial charge >= 0.3 is 0 Å². The van der Waals surface area contributed by atoms with Gasteiger partial charge in [-0.1, -0.05) is 54.6 Å². The van der Waals surface area contributed by atoms with Gasteiger partial charge in [0.1, 0.15) is 0 Å². The molecule has 4 heteroatoms. The molecule has 0 fully saturated rings. The molecule has 0 unspecified atom stereocenters. The van der Waals surface area contributed by atoms with Gasteiger partial charge in [-0.05, 0) is 48.4 Å². The first-order valence-electron chi connectivity index (χ1n) is 8.79. The number of rotatable bonds is 4. The van der Waals surface area contributed by atoms with Crippen molar-refractivity contribution in [1.29, 1.82) is 0 Å². The molecule has 4 aromatic rings. The lowest BCUT2D eigenvalue weighted by molar-refractivity contribution is 0.0973. The molecule has 0 aliphatic carbocycles. The van der Waals surface area contributed by atoms with Crippen LogP contribution in [0.4, 0.5) is 0 Å². The molecule has 0 atom stereocenters. The number of hydrogen-bond acceptors (Lipinski definition) is 2. The van der Waals surface area contributed by atoms with Gasteiger partial charge in [0.2, 0.25) is 0 Å². The second-order valence-corrected chi connectivity index (χ2v) is 6.39. The highest BCUT2D eigenvalue weighted by atomic mass is 16.1. The highest BCUT2D eigenvalue weighted by molar-refractivity contribution is 6.01. The number of H-pyrrole nitrogens is 1. The highest BCUT2D eigenvalue weighted by Crippen LogP contribution is 2.19. The summed E-state index contributed by atoms with van der Waals surface area (Å²) in [5.74, 6) is 0.457. The molecule has 0 saturated carbocycles. The molecule has 3 aromatic carbocycles. The normalized spacial score (nSPS) is 11.5. The fraction of sp³-hybridized carbons (Fsp3) is 0.0435. The van der Waals surface area contributed by atoms with E-state index in [-0.39, 0.29) is 5.91 Å². The number of fused-ring (bicyclic) bond motifs is 1. The average molecular weight is 353 g/mol. The minimum absolute atomic E-state index is 0.172. The van der Waals surface area contributed by atoms with E-state index >= 15 is 0 Å². The number of aryl methyl sites for hydroxylation is 1. The summed E-state index contributed by atoms with van der Waals surface area (Å²) in [6.07, 6.45) is 1.92. The molecule has 2 N–H and O–H groups in total. The summed E-state index contributed by atoms with van der Waals surface area (Å²) in [5, 5.41) is 3.00. The summed E-state index contributed by atoms with van der Waals surface area (Å²) in [6, 6.07) is 25.1. The minimum atomic E-state index is -0.172. The molecule has 0 spiro atoms. The van der Waals surface area contributed by atoms with Crippen LogP contribution in [0.25, 0.3) is 22.8 Å². The standard InChI is InChI=1S/C23H19N3O/c1-16-12-13-19-20(14-16)25-22(24-19)21(15-17-8-4-2-5-9-17)26-23(27)18-10-6-3-7-11-18/h2-15H,1H3,(H,24,25)(H,26,27)/b21-15+. The molecule has 0 bridgehead atoms. The third-order valence-electron chi connectivity index (χ3n) is 4.29. The van der Waals surface area contributed by atoms with E-state index < -0.39 is 0 Å². The van der Waals surface area contributed by atoms with Gasteiger partial charge < -0.3 is 10.3 Å². The van der Waals surface area contributed by atoms with Crippen LogP contribution < -0.4 is 5.32 Å². The zero-order valence-electron chi connectivity index (χ0n) is 14.9. The monoisotopic (exact) mass is 353 g/mol. The number of aromatic amines is 1. The Hall–Kier alpha value is -3.66. The van der Waals surface area contributed by atoms with Crippen LogP contribution in [0.15, 0.2) is 78.9 Å². The third kappa shape index (κ3) is 3.80. The number of nitrogens with zero attached hydrogens (tertiary/aromatic N) is 1. The smallest absolute Gasteiger partial charge is 0.255 e. The molecule has 0 aliphatic heterocycles. The van der Waals surface area contributed by atoms with Crippen molar-refractivity contribution in [3.05, 3.63) is 101 Å². The van der Waals surface area contributed by atoms with E-state index in [1.807, 2.05) is 79.7 Å². The summed E-state index contributed by atoms with van der Waals surface area (Å²) in [4.78, 5) is 20.7. The summed E-state index contributed by atoms with van der Waals surface area (Å²) >= 11 is 0. The van der Waals surface area contributed by atoms with Crippen LogP contribution in [0.3, 0.4) is 0 Å². The fourth-order valence-electron chi connectivity index (χ4n) is 2.91. The van der Waals surface area contributed by atoms with E-state index in [2.05, 4.69) is 15.3 Å². The summed E-state index contributed by atoms with van der Waals surface area (Å²) in [7, 11) is 0. The van der Waals surface area contributed by atoms with Crippen molar-refractivity contribution >= 4 is 28.7 Å². The number of benzene rings is 3. The fourth-order valence-corrected chi connectivity index (χ4v) is 2.91. The van der Waals surface area contributed by atoms with Crippen molar-refractivity contribution in [2.24, 2.45) is 0 Å². The molecule has 0 saturated heterocycles.